The number of aryl methyl sites for hydroxylation is 1. The largest absolute Gasteiger partial charge is 0.497 e. The zero-order chi connectivity index (χ0) is 35.9. The van der Waals surface area contributed by atoms with Gasteiger partial charge in [0.2, 0.25) is 0 Å². The molecule has 1 aromatic heterocycles. The first-order valence-electron chi connectivity index (χ1n) is 17.5. The lowest BCUT2D eigenvalue weighted by Crippen LogP contribution is -2.52. The van der Waals surface area contributed by atoms with E-state index >= 15 is 0 Å². The summed E-state index contributed by atoms with van der Waals surface area (Å²) in [6, 6.07) is 23.8. The molecule has 3 aliphatic heterocycles. The van der Waals surface area contributed by atoms with Crippen LogP contribution in [0.3, 0.4) is 0 Å². The number of amides is 2. The van der Waals surface area contributed by atoms with Gasteiger partial charge in [-0.15, -0.1) is 11.7 Å². The maximum atomic E-state index is 14.8. The van der Waals surface area contributed by atoms with Crippen LogP contribution < -0.4 is 19.7 Å². The molecule has 266 valence electrons. The number of carbonyl (C=O) groups excluding carboxylic acids is 2. The topological polar surface area (TPSA) is 119 Å². The van der Waals surface area contributed by atoms with Crippen LogP contribution in [0.2, 0.25) is 18.6 Å². The van der Waals surface area contributed by atoms with Crippen LogP contribution in [-0.2, 0) is 26.4 Å². The number of hydrogen-bond donors (Lipinski definition) is 1. The Morgan fingerprint density at radius 1 is 1.12 bits per heavy atom. The molecule has 2 saturated heterocycles. The zero-order valence-electron chi connectivity index (χ0n) is 29.6. The Balaban J connectivity index is 1.27. The quantitative estimate of drug-likeness (QED) is 0.158. The molecule has 3 aromatic carbocycles. The molecule has 0 saturated carbocycles. The Morgan fingerprint density at radius 3 is 2.55 bits per heavy atom. The monoisotopic (exact) mass is 707 g/mol. The first-order valence-corrected chi connectivity index (χ1v) is 20.6. The van der Waals surface area contributed by atoms with E-state index in [4.69, 9.17) is 14.2 Å². The summed E-state index contributed by atoms with van der Waals surface area (Å²) in [7, 11) is -0.715. The number of aliphatic hydroxyl groups is 1. The lowest BCUT2D eigenvalue weighted by molar-refractivity contribution is -0.145. The van der Waals surface area contributed by atoms with Crippen molar-refractivity contribution in [3.63, 3.8) is 0 Å². The Labute approximate surface area is 299 Å². The second-order valence-electron chi connectivity index (χ2n) is 14.2. The SMILES string of the molecule is C=CCN1C(=O)[C@]2(O[C@H](CCn3cc(C(CO)c4ccccc4)nn3)[C@@H]([Si](C)(C)c3ccc(OC)cc3)[C@@H]2C)c2cc(N3CCOC3=O)ccc21. The van der Waals surface area contributed by atoms with Crippen LogP contribution in [-0.4, -0.2) is 79.7 Å². The van der Waals surface area contributed by atoms with Gasteiger partial charge in [0.25, 0.3) is 5.91 Å². The number of nitrogens with zero attached hydrogens (tertiary/aromatic N) is 5. The summed E-state index contributed by atoms with van der Waals surface area (Å²) in [6.45, 7) is 12.3. The van der Waals surface area contributed by atoms with Gasteiger partial charge in [0.15, 0.2) is 5.60 Å². The number of anilines is 2. The average molecular weight is 708 g/mol. The molecule has 1 unspecified atom stereocenters. The highest BCUT2D eigenvalue weighted by Crippen LogP contribution is 2.60. The van der Waals surface area contributed by atoms with E-state index in [1.807, 2.05) is 71.5 Å². The van der Waals surface area contributed by atoms with Crippen LogP contribution >= 0.6 is 0 Å². The van der Waals surface area contributed by atoms with Crippen LogP contribution in [0, 0.1) is 5.92 Å². The Bertz CT molecular complexity index is 1920. The number of cyclic esters (lactones) is 1. The molecular formula is C39H45N5O6Si. The van der Waals surface area contributed by atoms with E-state index in [0.29, 0.717) is 44.0 Å². The van der Waals surface area contributed by atoms with Crippen molar-refractivity contribution in [2.75, 3.05) is 43.2 Å². The van der Waals surface area contributed by atoms with Gasteiger partial charge >= 0.3 is 6.09 Å². The van der Waals surface area contributed by atoms with Crippen LogP contribution in [0.15, 0.2) is 91.6 Å². The van der Waals surface area contributed by atoms with E-state index < -0.39 is 19.8 Å². The van der Waals surface area contributed by atoms with Gasteiger partial charge in [0, 0.05) is 36.5 Å². The van der Waals surface area contributed by atoms with E-state index in [1.54, 1.807) is 23.0 Å². The summed E-state index contributed by atoms with van der Waals surface area (Å²) in [5, 5.41) is 20.4. The first kappa shape index (κ1) is 34.7. The fraction of sp³-hybridized carbons (Fsp3) is 0.385. The number of methoxy groups -OCH3 is 1. The van der Waals surface area contributed by atoms with Crippen molar-refractivity contribution >= 4 is 36.6 Å². The predicted molar refractivity (Wildman–Crippen MR) is 197 cm³/mol. The molecule has 7 rings (SSSR count). The number of hydrogen-bond acceptors (Lipinski definition) is 8. The molecule has 2 fully saturated rings. The molecule has 11 nitrogen and oxygen atoms in total. The van der Waals surface area contributed by atoms with Gasteiger partial charge in [-0.25, -0.2) is 4.79 Å². The summed E-state index contributed by atoms with van der Waals surface area (Å²) in [4.78, 5) is 30.8. The van der Waals surface area contributed by atoms with E-state index in [2.05, 4.69) is 49.0 Å². The predicted octanol–water partition coefficient (Wildman–Crippen LogP) is 5.21. The number of carbonyl (C=O) groups is 2. The maximum absolute atomic E-state index is 14.8. The highest BCUT2D eigenvalue weighted by Gasteiger charge is 2.66. The van der Waals surface area contributed by atoms with E-state index in [1.165, 1.54) is 5.19 Å². The molecule has 3 aliphatic rings. The van der Waals surface area contributed by atoms with Crippen molar-refractivity contribution in [2.45, 2.75) is 56.1 Å². The number of aliphatic hydroxyl groups excluding tert-OH is 1. The van der Waals surface area contributed by atoms with Crippen LogP contribution in [0.4, 0.5) is 16.2 Å². The molecular weight excluding hydrogens is 663 g/mol. The lowest BCUT2D eigenvalue weighted by Gasteiger charge is -2.37. The number of ether oxygens (including phenoxy) is 3. The Kier molecular flexibility index (Phi) is 9.34. The third-order valence-electron chi connectivity index (χ3n) is 11.1. The highest BCUT2D eigenvalue weighted by molar-refractivity contribution is 6.91. The Morgan fingerprint density at radius 2 is 1.88 bits per heavy atom. The molecule has 4 aromatic rings. The number of benzene rings is 3. The molecule has 5 atom stereocenters. The fourth-order valence-corrected chi connectivity index (χ4v) is 12.6. The third-order valence-corrected chi connectivity index (χ3v) is 15.5. The summed E-state index contributed by atoms with van der Waals surface area (Å²) >= 11 is 0. The summed E-state index contributed by atoms with van der Waals surface area (Å²) in [5.41, 5.74) is 2.62. The molecule has 1 spiro atoms. The molecule has 2 amide bonds. The van der Waals surface area contributed by atoms with Crippen molar-refractivity contribution in [3.05, 3.63) is 108 Å². The molecule has 1 N–H and O–H groups in total. The minimum absolute atomic E-state index is 0.0179. The molecule has 12 heteroatoms. The summed E-state index contributed by atoms with van der Waals surface area (Å²) < 4.78 is 19.8. The average Bonchev–Trinajstić information content (AvgIpc) is 3.91. The van der Waals surface area contributed by atoms with Gasteiger partial charge in [0.1, 0.15) is 12.4 Å². The van der Waals surface area contributed by atoms with E-state index in [0.717, 1.165) is 22.6 Å². The van der Waals surface area contributed by atoms with Crippen molar-refractivity contribution in [2.24, 2.45) is 5.92 Å². The maximum Gasteiger partial charge on any atom is 0.414 e. The number of aromatic nitrogens is 3. The summed E-state index contributed by atoms with van der Waals surface area (Å²) in [5.74, 6) is 0.176. The van der Waals surface area contributed by atoms with Gasteiger partial charge in [0.05, 0.1) is 51.7 Å². The molecule has 0 radical (unpaired) electrons. The van der Waals surface area contributed by atoms with E-state index in [-0.39, 0.29) is 36.0 Å². The van der Waals surface area contributed by atoms with Crippen LogP contribution in [0.1, 0.15) is 36.1 Å². The smallest absolute Gasteiger partial charge is 0.414 e. The zero-order valence-corrected chi connectivity index (χ0v) is 30.6. The van der Waals surface area contributed by atoms with Crippen molar-refractivity contribution in [1.82, 2.24) is 15.0 Å². The fourth-order valence-electron chi connectivity index (χ4n) is 8.57. The first-order chi connectivity index (χ1) is 24.6. The Hall–Kier alpha value is -4.78. The van der Waals surface area contributed by atoms with Gasteiger partial charge in [-0.05, 0) is 47.9 Å². The van der Waals surface area contributed by atoms with E-state index in [9.17, 15) is 14.7 Å². The van der Waals surface area contributed by atoms with Gasteiger partial charge < -0.3 is 24.2 Å². The van der Waals surface area contributed by atoms with Crippen LogP contribution in [0.5, 0.6) is 5.75 Å². The van der Waals surface area contributed by atoms with Gasteiger partial charge in [-0.2, -0.15) is 0 Å². The van der Waals surface area contributed by atoms with Crippen molar-refractivity contribution in [3.8, 4) is 5.75 Å². The van der Waals surface area contributed by atoms with Crippen LogP contribution in [0.25, 0.3) is 0 Å². The normalized spacial score (nSPS) is 23.5. The second-order valence-corrected chi connectivity index (χ2v) is 18.9. The highest BCUT2D eigenvalue weighted by atomic mass is 28.3. The third kappa shape index (κ3) is 5.84. The van der Waals surface area contributed by atoms with Gasteiger partial charge in [-0.3, -0.25) is 14.4 Å². The molecule has 4 heterocycles. The standard InChI is InChI=1S/C39H45N5O6Si/c1-6-19-44-34-17-12-28(43-21-22-49-38(43)47)23-32(34)39(37(44)46)26(2)36(51(4,5)30-15-13-29(48-3)14-16-30)35(50-39)18-20-42-24-33(40-41-42)31(25-45)27-10-8-7-9-11-27/h6-17,23-24,26,31,35-36,45H,1,18-22,25H2,2-5H3/t26-,31?,35+,36-,39+/m0/s1. The molecule has 51 heavy (non-hydrogen) atoms. The molecule has 0 aliphatic carbocycles. The lowest BCUT2D eigenvalue weighted by atomic mass is 9.82. The molecule has 0 bridgehead atoms. The number of rotatable bonds is 12. The second kappa shape index (κ2) is 13.7. The minimum Gasteiger partial charge on any atom is -0.497 e. The number of fused-ring (bicyclic) bond motifs is 2. The van der Waals surface area contributed by atoms with Gasteiger partial charge in [-0.1, -0.05) is 79.0 Å². The van der Waals surface area contributed by atoms with Crippen molar-refractivity contribution < 1.29 is 28.9 Å². The summed E-state index contributed by atoms with van der Waals surface area (Å²) in [6.07, 6.45) is 3.51. The minimum atomic E-state index is -2.38. The van der Waals surface area contributed by atoms with Crippen molar-refractivity contribution in [1.29, 1.82) is 0 Å².